The van der Waals surface area contributed by atoms with Crippen LogP contribution in [0, 0.1) is 24.5 Å². The van der Waals surface area contributed by atoms with Crippen molar-refractivity contribution in [2.45, 2.75) is 26.7 Å². The third-order valence-electron chi connectivity index (χ3n) is 4.34. The fraction of sp³-hybridized carbons (Fsp3) is 0.389. The van der Waals surface area contributed by atoms with Crippen molar-refractivity contribution in [1.29, 1.82) is 0 Å². The molecule has 0 atom stereocenters. The summed E-state index contributed by atoms with van der Waals surface area (Å²) in [5, 5.41) is 2.61. The number of nitrogens with zero attached hydrogens (tertiary/aromatic N) is 3. The van der Waals surface area contributed by atoms with E-state index in [0.29, 0.717) is 24.8 Å². The summed E-state index contributed by atoms with van der Waals surface area (Å²) in [6, 6.07) is 5.02. The molecule has 1 aliphatic heterocycles. The van der Waals surface area contributed by atoms with Crippen LogP contribution in [0.4, 0.5) is 20.3 Å². The van der Waals surface area contributed by atoms with Gasteiger partial charge in [0, 0.05) is 19.2 Å². The van der Waals surface area contributed by atoms with Gasteiger partial charge < -0.3 is 10.2 Å². The lowest BCUT2D eigenvalue weighted by Crippen LogP contribution is -2.38. The molecule has 132 valence electrons. The molecule has 0 saturated carbocycles. The summed E-state index contributed by atoms with van der Waals surface area (Å²) in [5.41, 5.74) is -0.0768. The van der Waals surface area contributed by atoms with E-state index in [9.17, 15) is 13.6 Å². The molecule has 25 heavy (non-hydrogen) atoms. The van der Waals surface area contributed by atoms with Gasteiger partial charge in [0.25, 0.3) is 5.91 Å². The first-order chi connectivity index (χ1) is 11.9. The van der Waals surface area contributed by atoms with Crippen LogP contribution in [0.15, 0.2) is 24.3 Å². The molecular weight excluding hydrogens is 326 g/mol. The van der Waals surface area contributed by atoms with Crippen molar-refractivity contribution in [2.24, 2.45) is 5.92 Å². The molecule has 0 spiro atoms. The maximum Gasteiger partial charge on any atom is 0.272 e. The van der Waals surface area contributed by atoms with Gasteiger partial charge in [-0.2, -0.15) is 0 Å². The van der Waals surface area contributed by atoms with Crippen molar-refractivity contribution in [3.8, 4) is 0 Å². The number of likely N-dealkylation sites (tertiary alicyclic amines) is 1. The van der Waals surface area contributed by atoms with Crippen LogP contribution in [0.2, 0.25) is 0 Å². The van der Waals surface area contributed by atoms with Gasteiger partial charge in [-0.05, 0) is 37.8 Å². The van der Waals surface area contributed by atoms with Crippen LogP contribution in [0.5, 0.6) is 0 Å². The minimum atomic E-state index is -0.728. The quantitative estimate of drug-likeness (QED) is 0.921. The second-order valence-corrected chi connectivity index (χ2v) is 6.38. The summed E-state index contributed by atoms with van der Waals surface area (Å²) in [6.45, 7) is 5.18. The van der Waals surface area contributed by atoms with Crippen LogP contribution in [-0.4, -0.2) is 33.9 Å². The Kier molecular flexibility index (Phi) is 4.92. The Labute approximate surface area is 145 Å². The van der Waals surface area contributed by atoms with Gasteiger partial charge in [-0.25, -0.2) is 18.7 Å². The number of anilines is 2. The Morgan fingerprint density at radius 3 is 2.48 bits per heavy atom. The lowest BCUT2D eigenvalue weighted by atomic mass is 9.99. The number of hydrogen-bond donors (Lipinski definition) is 1. The van der Waals surface area contributed by atoms with Crippen molar-refractivity contribution >= 4 is 17.4 Å². The Bertz CT molecular complexity index is 768. The van der Waals surface area contributed by atoms with Gasteiger partial charge in [0.15, 0.2) is 0 Å². The molecule has 0 unspecified atom stereocenters. The third-order valence-corrected chi connectivity index (χ3v) is 4.34. The van der Waals surface area contributed by atoms with Crippen LogP contribution in [-0.2, 0) is 0 Å². The maximum absolute atomic E-state index is 13.8. The van der Waals surface area contributed by atoms with Crippen molar-refractivity contribution in [3.05, 3.63) is 47.4 Å². The van der Waals surface area contributed by atoms with Crippen LogP contribution in [0.25, 0.3) is 0 Å². The van der Waals surface area contributed by atoms with Crippen molar-refractivity contribution in [1.82, 2.24) is 14.9 Å². The molecule has 0 bridgehead atoms. The van der Waals surface area contributed by atoms with Crippen molar-refractivity contribution in [2.75, 3.05) is 18.4 Å². The second-order valence-electron chi connectivity index (χ2n) is 6.38. The molecule has 1 N–H and O–H groups in total. The molecule has 1 aromatic carbocycles. The number of aryl methyl sites for hydroxylation is 1. The largest absolute Gasteiger partial charge is 0.337 e. The molecule has 2 heterocycles. The Morgan fingerprint density at radius 2 is 1.84 bits per heavy atom. The summed E-state index contributed by atoms with van der Waals surface area (Å²) in [4.78, 5) is 22.7. The number of aromatic nitrogens is 2. The number of benzene rings is 1. The predicted molar refractivity (Wildman–Crippen MR) is 90.7 cm³/mol. The molecular formula is C18H20F2N4O. The molecule has 2 aromatic rings. The van der Waals surface area contributed by atoms with E-state index in [0.717, 1.165) is 25.0 Å². The van der Waals surface area contributed by atoms with E-state index in [2.05, 4.69) is 22.2 Å². The minimum absolute atomic E-state index is 0.185. The summed E-state index contributed by atoms with van der Waals surface area (Å²) in [5.74, 6) is -0.490. The fourth-order valence-electron chi connectivity index (χ4n) is 2.86. The highest BCUT2D eigenvalue weighted by Crippen LogP contribution is 2.23. The van der Waals surface area contributed by atoms with Crippen molar-refractivity contribution < 1.29 is 13.6 Å². The number of piperidine rings is 1. The fourth-order valence-corrected chi connectivity index (χ4v) is 2.86. The Morgan fingerprint density at radius 1 is 1.20 bits per heavy atom. The van der Waals surface area contributed by atoms with E-state index in [4.69, 9.17) is 0 Å². The van der Waals surface area contributed by atoms with Crippen molar-refractivity contribution in [3.63, 3.8) is 0 Å². The number of para-hydroxylation sites is 1. The second kappa shape index (κ2) is 7.13. The third kappa shape index (κ3) is 3.92. The van der Waals surface area contributed by atoms with Gasteiger partial charge in [-0.3, -0.25) is 4.79 Å². The average molecular weight is 346 g/mol. The first kappa shape index (κ1) is 17.3. The predicted octanol–water partition coefficient (Wildman–Crippen LogP) is 3.68. The topological polar surface area (TPSA) is 58.1 Å². The number of carbonyl (C=O) groups is 1. The lowest BCUT2D eigenvalue weighted by Gasteiger charge is -2.30. The standard InChI is InChI=1S/C18H20F2N4O/c1-11-6-8-24(9-7-11)18(25)15-10-16(22-12(2)21-15)23-17-13(19)4-3-5-14(17)20/h3-5,10-11H,6-9H2,1-2H3,(H,21,22,23). The number of rotatable bonds is 3. The van der Waals surface area contributed by atoms with E-state index in [1.165, 1.54) is 12.1 Å². The monoisotopic (exact) mass is 346 g/mol. The first-order valence-corrected chi connectivity index (χ1v) is 8.30. The summed E-state index contributed by atoms with van der Waals surface area (Å²) < 4.78 is 27.6. The molecule has 3 rings (SSSR count). The number of halogens is 2. The highest BCUT2D eigenvalue weighted by atomic mass is 19.1. The van der Waals surface area contributed by atoms with Gasteiger partial charge in [-0.15, -0.1) is 0 Å². The van der Waals surface area contributed by atoms with E-state index in [1.807, 2.05) is 0 Å². The van der Waals surface area contributed by atoms with Crippen LogP contribution in [0.1, 0.15) is 36.1 Å². The normalized spacial score (nSPS) is 15.3. The van der Waals surface area contributed by atoms with Crippen LogP contribution >= 0.6 is 0 Å². The number of nitrogens with one attached hydrogen (secondary N) is 1. The van der Waals surface area contributed by atoms with E-state index in [1.54, 1.807) is 11.8 Å². The minimum Gasteiger partial charge on any atom is -0.337 e. The van der Waals surface area contributed by atoms with Crippen LogP contribution in [0.3, 0.4) is 0 Å². The molecule has 7 heteroatoms. The van der Waals surface area contributed by atoms with E-state index < -0.39 is 11.6 Å². The highest BCUT2D eigenvalue weighted by Gasteiger charge is 2.23. The molecule has 1 fully saturated rings. The van der Waals surface area contributed by atoms with Gasteiger partial charge in [0.05, 0.1) is 0 Å². The zero-order valence-electron chi connectivity index (χ0n) is 14.2. The van der Waals surface area contributed by atoms with Gasteiger partial charge in [0.1, 0.15) is 34.7 Å². The number of amides is 1. The maximum atomic E-state index is 13.8. The van der Waals surface area contributed by atoms with Gasteiger partial charge >= 0.3 is 0 Å². The van der Waals surface area contributed by atoms with E-state index >= 15 is 0 Å². The molecule has 1 aliphatic rings. The molecule has 1 saturated heterocycles. The number of hydrogen-bond acceptors (Lipinski definition) is 4. The smallest absolute Gasteiger partial charge is 0.272 e. The molecule has 1 aromatic heterocycles. The van der Waals surface area contributed by atoms with Gasteiger partial charge in [-0.1, -0.05) is 13.0 Å². The van der Waals surface area contributed by atoms with Crippen LogP contribution < -0.4 is 5.32 Å². The van der Waals surface area contributed by atoms with Gasteiger partial charge in [0.2, 0.25) is 0 Å². The van der Waals surface area contributed by atoms with E-state index in [-0.39, 0.29) is 23.1 Å². The Hall–Kier alpha value is -2.57. The summed E-state index contributed by atoms with van der Waals surface area (Å²) in [6.07, 6.45) is 1.92. The molecule has 0 radical (unpaired) electrons. The summed E-state index contributed by atoms with van der Waals surface area (Å²) in [7, 11) is 0. The molecule has 5 nitrogen and oxygen atoms in total. The lowest BCUT2D eigenvalue weighted by molar-refractivity contribution is 0.0691. The first-order valence-electron chi connectivity index (χ1n) is 8.30. The SMILES string of the molecule is Cc1nc(Nc2c(F)cccc2F)cc(C(=O)N2CCC(C)CC2)n1. The highest BCUT2D eigenvalue weighted by molar-refractivity contribution is 5.93. The zero-order chi connectivity index (χ0) is 18.0. The average Bonchev–Trinajstić information content (AvgIpc) is 2.58. The number of carbonyl (C=O) groups excluding carboxylic acids is 1. The Balaban J connectivity index is 1.84. The molecule has 1 amide bonds. The summed E-state index contributed by atoms with van der Waals surface area (Å²) >= 11 is 0. The molecule has 0 aliphatic carbocycles. The zero-order valence-corrected chi connectivity index (χ0v) is 14.2.